The van der Waals surface area contributed by atoms with Gasteiger partial charge in [0.05, 0.1) is 17.8 Å². The first-order valence-electron chi connectivity index (χ1n) is 8.52. The van der Waals surface area contributed by atoms with Crippen LogP contribution < -0.4 is 0 Å². The van der Waals surface area contributed by atoms with E-state index < -0.39 is 0 Å². The molecule has 2 atom stereocenters. The molecule has 1 aliphatic heterocycles. The summed E-state index contributed by atoms with van der Waals surface area (Å²) in [4.78, 5) is 0. The van der Waals surface area contributed by atoms with Crippen LogP contribution in [0.25, 0.3) is 0 Å². The molecule has 2 aliphatic carbocycles. The van der Waals surface area contributed by atoms with Crippen molar-refractivity contribution in [3.63, 3.8) is 0 Å². The SMILES string of the molecule is BrCC1(Cc2ccn(C3CCCC3)n2)CCOC1C1CC1. The lowest BCUT2D eigenvalue weighted by Crippen LogP contribution is -2.36. The lowest BCUT2D eigenvalue weighted by Gasteiger charge is -2.32. The number of ether oxygens (including phenoxy) is 1. The third-order valence-electron chi connectivity index (χ3n) is 5.71. The first kappa shape index (κ1) is 14.3. The van der Waals surface area contributed by atoms with E-state index in [-0.39, 0.29) is 5.41 Å². The highest BCUT2D eigenvalue weighted by Crippen LogP contribution is 2.50. The van der Waals surface area contributed by atoms with E-state index in [2.05, 4.69) is 32.9 Å². The van der Waals surface area contributed by atoms with Crippen molar-refractivity contribution in [1.29, 1.82) is 0 Å². The van der Waals surface area contributed by atoms with Gasteiger partial charge in [-0.25, -0.2) is 0 Å². The van der Waals surface area contributed by atoms with Crippen LogP contribution in [0.2, 0.25) is 0 Å². The molecule has 0 bridgehead atoms. The minimum Gasteiger partial charge on any atom is -0.377 e. The molecular formula is C17H25BrN2O. The average molecular weight is 353 g/mol. The average Bonchev–Trinajstić information content (AvgIpc) is 2.96. The Hall–Kier alpha value is -0.350. The maximum atomic E-state index is 6.10. The molecule has 1 aromatic heterocycles. The molecule has 4 rings (SSSR count). The summed E-state index contributed by atoms with van der Waals surface area (Å²) < 4.78 is 8.33. The topological polar surface area (TPSA) is 27.1 Å². The monoisotopic (exact) mass is 352 g/mol. The second-order valence-electron chi connectivity index (χ2n) is 7.28. The third kappa shape index (κ3) is 2.70. The summed E-state index contributed by atoms with van der Waals surface area (Å²) in [6, 6.07) is 2.89. The van der Waals surface area contributed by atoms with Crippen molar-refractivity contribution in [3.8, 4) is 0 Å². The molecule has 3 aliphatic rings. The summed E-state index contributed by atoms with van der Waals surface area (Å²) in [5.41, 5.74) is 1.54. The first-order chi connectivity index (χ1) is 10.3. The van der Waals surface area contributed by atoms with Crippen LogP contribution in [0.1, 0.15) is 56.7 Å². The number of hydrogen-bond acceptors (Lipinski definition) is 2. The van der Waals surface area contributed by atoms with E-state index in [4.69, 9.17) is 9.84 Å². The lowest BCUT2D eigenvalue weighted by atomic mass is 9.77. The minimum atomic E-state index is 0.274. The van der Waals surface area contributed by atoms with Crippen molar-refractivity contribution < 1.29 is 4.74 Å². The molecule has 0 aromatic carbocycles. The summed E-state index contributed by atoms with van der Waals surface area (Å²) in [5.74, 6) is 0.807. The van der Waals surface area contributed by atoms with Gasteiger partial charge in [0.15, 0.2) is 0 Å². The largest absolute Gasteiger partial charge is 0.377 e. The Labute approximate surface area is 135 Å². The third-order valence-corrected chi connectivity index (χ3v) is 6.83. The van der Waals surface area contributed by atoms with Crippen LogP contribution in [-0.4, -0.2) is 27.8 Å². The lowest BCUT2D eigenvalue weighted by molar-refractivity contribution is 0.0409. The van der Waals surface area contributed by atoms with Crippen LogP contribution in [0.15, 0.2) is 12.3 Å². The molecule has 1 aromatic rings. The fourth-order valence-electron chi connectivity index (χ4n) is 4.33. The molecule has 2 heterocycles. The molecule has 3 nitrogen and oxygen atoms in total. The van der Waals surface area contributed by atoms with E-state index >= 15 is 0 Å². The van der Waals surface area contributed by atoms with Crippen molar-refractivity contribution in [2.45, 2.75) is 63.5 Å². The van der Waals surface area contributed by atoms with Crippen LogP contribution in [0.5, 0.6) is 0 Å². The van der Waals surface area contributed by atoms with Gasteiger partial charge in [0.2, 0.25) is 0 Å². The minimum absolute atomic E-state index is 0.274. The van der Waals surface area contributed by atoms with E-state index in [1.807, 2.05) is 0 Å². The maximum Gasteiger partial charge on any atom is 0.0672 e. The molecule has 0 radical (unpaired) electrons. The highest BCUT2D eigenvalue weighted by molar-refractivity contribution is 9.09. The number of rotatable bonds is 5. The maximum absolute atomic E-state index is 6.10. The zero-order valence-electron chi connectivity index (χ0n) is 12.6. The number of hydrogen-bond donors (Lipinski definition) is 0. The van der Waals surface area contributed by atoms with Crippen LogP contribution in [0.4, 0.5) is 0 Å². The van der Waals surface area contributed by atoms with Crippen molar-refractivity contribution in [3.05, 3.63) is 18.0 Å². The summed E-state index contributed by atoms with van der Waals surface area (Å²) in [6.07, 6.45) is 13.0. The van der Waals surface area contributed by atoms with Crippen molar-refractivity contribution in [2.24, 2.45) is 11.3 Å². The number of nitrogens with zero attached hydrogens (tertiary/aromatic N) is 2. The zero-order chi connectivity index (χ0) is 14.3. The predicted octanol–water partition coefficient (Wildman–Crippen LogP) is 4.12. The number of alkyl halides is 1. The highest BCUT2D eigenvalue weighted by Gasteiger charge is 2.50. The Morgan fingerprint density at radius 3 is 2.81 bits per heavy atom. The fourth-order valence-corrected chi connectivity index (χ4v) is 5.12. The Bertz CT molecular complexity index is 493. The van der Waals surface area contributed by atoms with Gasteiger partial charge in [-0.05, 0) is 44.1 Å². The van der Waals surface area contributed by atoms with E-state index in [9.17, 15) is 0 Å². The van der Waals surface area contributed by atoms with Crippen molar-refractivity contribution in [2.75, 3.05) is 11.9 Å². The number of halogens is 1. The highest BCUT2D eigenvalue weighted by atomic mass is 79.9. The van der Waals surface area contributed by atoms with Gasteiger partial charge in [0, 0.05) is 30.0 Å². The second-order valence-corrected chi connectivity index (χ2v) is 7.84. The Kier molecular flexibility index (Phi) is 3.86. The van der Waals surface area contributed by atoms with Gasteiger partial charge in [0.1, 0.15) is 0 Å². The standard InChI is InChI=1S/C17H25BrN2O/c18-12-17(8-10-21-16(17)13-5-6-13)11-14-7-9-20(19-14)15-3-1-2-4-15/h7,9,13,15-16H,1-6,8,10-12H2. The molecular weight excluding hydrogens is 328 g/mol. The van der Waals surface area contributed by atoms with Gasteiger partial charge < -0.3 is 4.74 Å². The summed E-state index contributed by atoms with van der Waals surface area (Å²) in [6.45, 7) is 0.927. The van der Waals surface area contributed by atoms with Gasteiger partial charge in [-0.3, -0.25) is 4.68 Å². The van der Waals surface area contributed by atoms with Gasteiger partial charge in [-0.2, -0.15) is 5.10 Å². The Balaban J connectivity index is 1.50. The van der Waals surface area contributed by atoms with Gasteiger partial charge in [-0.1, -0.05) is 28.8 Å². The van der Waals surface area contributed by atoms with Gasteiger partial charge in [-0.15, -0.1) is 0 Å². The molecule has 2 saturated carbocycles. The second kappa shape index (κ2) is 5.69. The Morgan fingerprint density at radius 1 is 1.29 bits per heavy atom. The Morgan fingerprint density at radius 2 is 2.10 bits per heavy atom. The molecule has 0 amide bonds. The van der Waals surface area contributed by atoms with Crippen molar-refractivity contribution >= 4 is 15.9 Å². The quantitative estimate of drug-likeness (QED) is 0.745. The normalized spacial score (nSPS) is 33.9. The molecule has 4 heteroatoms. The molecule has 2 unspecified atom stereocenters. The van der Waals surface area contributed by atoms with E-state index in [0.29, 0.717) is 12.1 Å². The summed E-state index contributed by atoms with van der Waals surface area (Å²) >= 11 is 3.79. The molecule has 1 saturated heterocycles. The smallest absolute Gasteiger partial charge is 0.0672 e. The van der Waals surface area contributed by atoms with Crippen LogP contribution >= 0.6 is 15.9 Å². The molecule has 0 N–H and O–H groups in total. The van der Waals surface area contributed by atoms with Gasteiger partial charge in [0.25, 0.3) is 0 Å². The zero-order valence-corrected chi connectivity index (χ0v) is 14.2. The molecule has 3 fully saturated rings. The van der Waals surface area contributed by atoms with E-state index in [1.165, 1.54) is 50.6 Å². The van der Waals surface area contributed by atoms with Crippen molar-refractivity contribution in [1.82, 2.24) is 9.78 Å². The van der Waals surface area contributed by atoms with Crippen LogP contribution in [0.3, 0.4) is 0 Å². The summed E-state index contributed by atoms with van der Waals surface area (Å²) in [5, 5.41) is 5.94. The summed E-state index contributed by atoms with van der Waals surface area (Å²) in [7, 11) is 0. The first-order valence-corrected chi connectivity index (χ1v) is 9.64. The van der Waals surface area contributed by atoms with Gasteiger partial charge >= 0.3 is 0 Å². The van der Waals surface area contributed by atoms with Crippen LogP contribution in [0, 0.1) is 11.3 Å². The number of aromatic nitrogens is 2. The van der Waals surface area contributed by atoms with E-state index in [0.717, 1.165) is 24.3 Å². The van der Waals surface area contributed by atoms with Crippen LogP contribution in [-0.2, 0) is 11.2 Å². The molecule has 116 valence electrons. The fraction of sp³-hybridized carbons (Fsp3) is 0.824. The van der Waals surface area contributed by atoms with E-state index in [1.54, 1.807) is 0 Å². The molecule has 21 heavy (non-hydrogen) atoms. The molecule has 0 spiro atoms. The predicted molar refractivity (Wildman–Crippen MR) is 86.7 cm³/mol.